The van der Waals surface area contributed by atoms with Gasteiger partial charge in [0.05, 0.1) is 25.2 Å². The van der Waals surface area contributed by atoms with Crippen LogP contribution in [-0.2, 0) is 16.1 Å². The quantitative estimate of drug-likeness (QED) is 0.830. The van der Waals surface area contributed by atoms with Gasteiger partial charge in [0.2, 0.25) is 5.91 Å². The van der Waals surface area contributed by atoms with Gasteiger partial charge in [-0.3, -0.25) is 10.2 Å². The minimum absolute atomic E-state index is 0.000142. The third kappa shape index (κ3) is 4.19. The van der Waals surface area contributed by atoms with Crippen LogP contribution in [0.25, 0.3) is 0 Å². The summed E-state index contributed by atoms with van der Waals surface area (Å²) in [6.07, 6.45) is 0. The Morgan fingerprint density at radius 3 is 2.54 bits per heavy atom. The van der Waals surface area contributed by atoms with Crippen LogP contribution < -0.4 is 15.8 Å². The molecule has 2 aromatic rings. The molecule has 0 saturated carbocycles. The van der Waals surface area contributed by atoms with Gasteiger partial charge in [-0.2, -0.15) is 0 Å². The van der Waals surface area contributed by atoms with Crippen LogP contribution in [0.1, 0.15) is 17.2 Å². The van der Waals surface area contributed by atoms with Crippen LogP contribution in [-0.4, -0.2) is 50.7 Å². The van der Waals surface area contributed by atoms with Crippen molar-refractivity contribution in [2.45, 2.75) is 12.6 Å². The van der Waals surface area contributed by atoms with E-state index >= 15 is 0 Å². The lowest BCUT2D eigenvalue weighted by atomic mass is 9.93. The average Bonchev–Trinajstić information content (AvgIpc) is 3.25. The van der Waals surface area contributed by atoms with E-state index in [1.54, 1.807) is 0 Å². The van der Waals surface area contributed by atoms with Gasteiger partial charge in [0.15, 0.2) is 0 Å². The fourth-order valence-corrected chi connectivity index (χ4v) is 3.97. The number of nitrogens with one attached hydrogen (secondary N) is 2. The number of amides is 1. The highest BCUT2D eigenvalue weighted by atomic mass is 16.5. The highest BCUT2D eigenvalue weighted by Gasteiger charge is 2.35. The Hall–Kier alpha value is -2.41. The van der Waals surface area contributed by atoms with Crippen molar-refractivity contribution < 1.29 is 9.53 Å². The van der Waals surface area contributed by atoms with Crippen molar-refractivity contribution >= 4 is 11.6 Å². The highest BCUT2D eigenvalue weighted by molar-refractivity contribution is 5.80. The molecule has 0 bridgehead atoms. The third-order valence-corrected chi connectivity index (χ3v) is 5.57. The van der Waals surface area contributed by atoms with Gasteiger partial charge in [0.25, 0.3) is 0 Å². The number of hydrogen-bond donors (Lipinski definition) is 2. The number of morpholine rings is 1. The van der Waals surface area contributed by atoms with Crippen molar-refractivity contribution in [3.8, 4) is 0 Å². The molecular formula is C22H28N4O2. The molecule has 4 rings (SSSR count). The van der Waals surface area contributed by atoms with Crippen LogP contribution in [0.15, 0.2) is 54.6 Å². The summed E-state index contributed by atoms with van der Waals surface area (Å²) in [7, 11) is 1.89. The van der Waals surface area contributed by atoms with E-state index < -0.39 is 0 Å². The molecule has 6 nitrogen and oxygen atoms in total. The zero-order chi connectivity index (χ0) is 19.3. The normalized spacial score (nSPS) is 22.2. The molecule has 2 aliphatic heterocycles. The standard InChI is InChI=1S/C22H28N4O2/c1-25(16-17-7-9-19(10-8-17)26-11-13-28-14-12-26)22(27)20-15-23-24-21(20)18-5-3-2-4-6-18/h2-10,20-21,23-24H,11-16H2,1H3. The molecule has 2 fully saturated rings. The molecule has 148 valence electrons. The van der Waals surface area contributed by atoms with E-state index in [1.807, 2.05) is 30.1 Å². The Balaban J connectivity index is 1.38. The predicted octanol–water partition coefficient (Wildman–Crippen LogP) is 1.95. The Labute approximate surface area is 166 Å². The lowest BCUT2D eigenvalue weighted by Gasteiger charge is -2.29. The first kappa shape index (κ1) is 18.9. The number of carbonyl (C=O) groups is 1. The zero-order valence-corrected chi connectivity index (χ0v) is 16.3. The van der Waals surface area contributed by atoms with E-state index in [0.29, 0.717) is 13.1 Å². The molecule has 28 heavy (non-hydrogen) atoms. The molecule has 2 N–H and O–H groups in total. The van der Waals surface area contributed by atoms with E-state index in [2.05, 4.69) is 52.1 Å². The first-order valence-corrected chi connectivity index (χ1v) is 9.92. The summed E-state index contributed by atoms with van der Waals surface area (Å²) in [5, 5.41) is 0. The summed E-state index contributed by atoms with van der Waals surface area (Å²) in [6.45, 7) is 4.68. The second-order valence-electron chi connectivity index (χ2n) is 7.48. The number of hydrazine groups is 1. The van der Waals surface area contributed by atoms with Gasteiger partial charge in [0, 0.05) is 38.9 Å². The van der Waals surface area contributed by atoms with Crippen molar-refractivity contribution in [3.63, 3.8) is 0 Å². The van der Waals surface area contributed by atoms with Crippen LogP contribution in [0, 0.1) is 5.92 Å². The zero-order valence-electron chi connectivity index (χ0n) is 16.3. The highest BCUT2D eigenvalue weighted by Crippen LogP contribution is 2.26. The van der Waals surface area contributed by atoms with E-state index in [0.717, 1.165) is 37.4 Å². The Morgan fingerprint density at radius 2 is 1.82 bits per heavy atom. The smallest absolute Gasteiger partial charge is 0.229 e. The van der Waals surface area contributed by atoms with Crippen LogP contribution >= 0.6 is 0 Å². The molecular weight excluding hydrogens is 352 g/mol. The van der Waals surface area contributed by atoms with Crippen molar-refractivity contribution in [1.29, 1.82) is 0 Å². The van der Waals surface area contributed by atoms with E-state index in [4.69, 9.17) is 4.74 Å². The summed E-state index contributed by atoms with van der Waals surface area (Å²) >= 11 is 0. The molecule has 2 aromatic carbocycles. The van der Waals surface area contributed by atoms with E-state index in [9.17, 15) is 4.79 Å². The summed E-state index contributed by atoms with van der Waals surface area (Å²) in [5.41, 5.74) is 9.90. The van der Waals surface area contributed by atoms with Gasteiger partial charge in [-0.05, 0) is 23.3 Å². The lowest BCUT2D eigenvalue weighted by Crippen LogP contribution is -2.36. The molecule has 0 spiro atoms. The lowest BCUT2D eigenvalue weighted by molar-refractivity contribution is -0.134. The Bertz CT molecular complexity index is 775. The molecule has 2 aliphatic rings. The topological polar surface area (TPSA) is 56.8 Å². The number of nitrogens with zero attached hydrogens (tertiary/aromatic N) is 2. The minimum atomic E-state index is -0.111. The van der Waals surface area contributed by atoms with Gasteiger partial charge in [0.1, 0.15) is 0 Å². The third-order valence-electron chi connectivity index (χ3n) is 5.57. The first-order valence-electron chi connectivity index (χ1n) is 9.92. The van der Waals surface area contributed by atoms with Crippen LogP contribution in [0.4, 0.5) is 5.69 Å². The molecule has 0 aromatic heterocycles. The summed E-state index contributed by atoms with van der Waals surface area (Å²) in [5.74, 6) is 0.0450. The van der Waals surface area contributed by atoms with Gasteiger partial charge in [-0.25, -0.2) is 5.43 Å². The second kappa shape index (κ2) is 8.73. The second-order valence-corrected chi connectivity index (χ2v) is 7.48. The van der Waals surface area contributed by atoms with Crippen molar-refractivity contribution in [2.75, 3.05) is 44.8 Å². The van der Waals surface area contributed by atoms with E-state index in [-0.39, 0.29) is 17.9 Å². The SMILES string of the molecule is CN(Cc1ccc(N2CCOCC2)cc1)C(=O)C1CNNC1c1ccccc1. The van der Waals surface area contributed by atoms with Crippen molar-refractivity contribution in [3.05, 3.63) is 65.7 Å². The van der Waals surface area contributed by atoms with Crippen LogP contribution in [0.2, 0.25) is 0 Å². The maximum atomic E-state index is 13.1. The molecule has 1 amide bonds. The Morgan fingerprint density at radius 1 is 1.11 bits per heavy atom. The molecule has 2 heterocycles. The average molecular weight is 380 g/mol. The monoisotopic (exact) mass is 380 g/mol. The number of rotatable bonds is 5. The maximum absolute atomic E-state index is 13.1. The number of carbonyl (C=O) groups excluding carboxylic acids is 1. The molecule has 0 radical (unpaired) electrons. The van der Waals surface area contributed by atoms with Gasteiger partial charge < -0.3 is 14.5 Å². The molecule has 0 aliphatic carbocycles. The van der Waals surface area contributed by atoms with Crippen LogP contribution in [0.5, 0.6) is 0 Å². The summed E-state index contributed by atoms with van der Waals surface area (Å²) < 4.78 is 5.42. The van der Waals surface area contributed by atoms with Gasteiger partial charge in [-0.1, -0.05) is 42.5 Å². The Kier molecular flexibility index (Phi) is 5.90. The van der Waals surface area contributed by atoms with Gasteiger partial charge in [-0.15, -0.1) is 0 Å². The number of hydrogen-bond acceptors (Lipinski definition) is 5. The van der Waals surface area contributed by atoms with Crippen LogP contribution in [0.3, 0.4) is 0 Å². The van der Waals surface area contributed by atoms with Gasteiger partial charge >= 0.3 is 0 Å². The van der Waals surface area contributed by atoms with Crippen molar-refractivity contribution in [2.24, 2.45) is 5.92 Å². The fraction of sp³-hybridized carbons (Fsp3) is 0.409. The van der Waals surface area contributed by atoms with Crippen molar-refractivity contribution in [1.82, 2.24) is 15.8 Å². The molecule has 2 atom stereocenters. The molecule has 6 heteroatoms. The summed E-state index contributed by atoms with van der Waals surface area (Å²) in [4.78, 5) is 17.2. The minimum Gasteiger partial charge on any atom is -0.378 e. The maximum Gasteiger partial charge on any atom is 0.229 e. The molecule has 2 unspecified atom stereocenters. The number of benzene rings is 2. The van der Waals surface area contributed by atoms with E-state index in [1.165, 1.54) is 5.69 Å². The number of anilines is 1. The largest absolute Gasteiger partial charge is 0.378 e. The summed E-state index contributed by atoms with van der Waals surface area (Å²) in [6, 6.07) is 18.7. The fourth-order valence-electron chi connectivity index (χ4n) is 3.97. The first-order chi connectivity index (χ1) is 13.7. The predicted molar refractivity (Wildman–Crippen MR) is 110 cm³/mol. The molecule has 2 saturated heterocycles. The number of ether oxygens (including phenoxy) is 1.